The first-order chi connectivity index (χ1) is 12.2. The smallest absolute Gasteiger partial charge is 0.253 e. The second-order valence-electron chi connectivity index (χ2n) is 8.10. The van der Waals surface area contributed by atoms with Crippen molar-refractivity contribution < 1.29 is 13.2 Å². The summed E-state index contributed by atoms with van der Waals surface area (Å²) in [7, 11) is -3.48. The normalized spacial score (nSPS) is 24.6. The Labute approximate surface area is 168 Å². The third kappa shape index (κ3) is 4.65. The minimum Gasteiger partial charge on any atom is -0.338 e. The largest absolute Gasteiger partial charge is 0.338 e. The summed E-state index contributed by atoms with van der Waals surface area (Å²) < 4.78 is 27.1. The number of halogens is 1. The number of carbonyl (C=O) groups is 1. The molecule has 3 rings (SSSR count). The molecular formula is C19H30ClN3O3S. The number of benzene rings is 1. The zero-order chi connectivity index (χ0) is 18.9. The van der Waals surface area contributed by atoms with Crippen LogP contribution in [0.4, 0.5) is 0 Å². The van der Waals surface area contributed by atoms with Gasteiger partial charge in [0.2, 0.25) is 10.0 Å². The number of rotatable bonds is 4. The molecule has 0 spiro atoms. The van der Waals surface area contributed by atoms with E-state index in [1.54, 1.807) is 28.6 Å². The van der Waals surface area contributed by atoms with Gasteiger partial charge in [-0.2, -0.15) is 4.31 Å². The summed E-state index contributed by atoms with van der Waals surface area (Å²) >= 11 is 0. The Kier molecular flexibility index (Phi) is 6.95. The second-order valence-corrected chi connectivity index (χ2v) is 10.0. The summed E-state index contributed by atoms with van der Waals surface area (Å²) in [5.74, 6) is 0.513. The van der Waals surface area contributed by atoms with Crippen LogP contribution in [-0.4, -0.2) is 56.3 Å². The molecule has 0 aromatic heterocycles. The van der Waals surface area contributed by atoms with E-state index in [1.807, 2.05) is 4.90 Å². The maximum Gasteiger partial charge on any atom is 0.253 e. The summed E-state index contributed by atoms with van der Waals surface area (Å²) in [5, 5.41) is 0. The van der Waals surface area contributed by atoms with Crippen molar-refractivity contribution >= 4 is 28.3 Å². The summed E-state index contributed by atoms with van der Waals surface area (Å²) in [5.41, 5.74) is 6.31. The van der Waals surface area contributed by atoms with E-state index in [4.69, 9.17) is 5.73 Å². The molecule has 27 heavy (non-hydrogen) atoms. The maximum atomic E-state index is 12.8. The monoisotopic (exact) mass is 415 g/mol. The fourth-order valence-electron chi connectivity index (χ4n) is 3.69. The van der Waals surface area contributed by atoms with Crippen LogP contribution >= 0.6 is 12.4 Å². The highest BCUT2D eigenvalue weighted by Crippen LogP contribution is 2.30. The van der Waals surface area contributed by atoms with Crippen LogP contribution in [0, 0.1) is 11.3 Å². The molecule has 152 valence electrons. The van der Waals surface area contributed by atoms with Crippen molar-refractivity contribution in [2.24, 2.45) is 17.1 Å². The van der Waals surface area contributed by atoms with Crippen LogP contribution in [0.5, 0.6) is 0 Å². The van der Waals surface area contributed by atoms with E-state index in [0.717, 1.165) is 19.3 Å². The van der Waals surface area contributed by atoms with Crippen LogP contribution in [0.2, 0.25) is 0 Å². The highest BCUT2D eigenvalue weighted by atomic mass is 35.5. The topological polar surface area (TPSA) is 83.7 Å². The maximum absolute atomic E-state index is 12.8. The number of piperidine rings is 1. The van der Waals surface area contributed by atoms with Crippen LogP contribution in [0.1, 0.15) is 43.5 Å². The van der Waals surface area contributed by atoms with E-state index in [1.165, 1.54) is 0 Å². The van der Waals surface area contributed by atoms with Crippen LogP contribution in [0.25, 0.3) is 0 Å². The first kappa shape index (κ1) is 22.1. The van der Waals surface area contributed by atoms with Crippen LogP contribution in [0.3, 0.4) is 0 Å². The number of hydrogen-bond acceptors (Lipinski definition) is 4. The molecule has 2 fully saturated rings. The van der Waals surface area contributed by atoms with E-state index in [9.17, 15) is 13.2 Å². The van der Waals surface area contributed by atoms with E-state index < -0.39 is 10.0 Å². The average molecular weight is 416 g/mol. The van der Waals surface area contributed by atoms with Crippen LogP contribution < -0.4 is 5.73 Å². The predicted octanol–water partition coefficient (Wildman–Crippen LogP) is 2.34. The predicted molar refractivity (Wildman–Crippen MR) is 109 cm³/mol. The first-order valence-electron chi connectivity index (χ1n) is 9.35. The molecule has 2 heterocycles. The van der Waals surface area contributed by atoms with Gasteiger partial charge in [-0.05, 0) is 61.4 Å². The van der Waals surface area contributed by atoms with Gasteiger partial charge in [0.15, 0.2) is 0 Å². The van der Waals surface area contributed by atoms with Crippen molar-refractivity contribution in [3.05, 3.63) is 29.8 Å². The zero-order valence-corrected chi connectivity index (χ0v) is 17.7. The molecule has 1 aromatic carbocycles. The molecule has 2 aliphatic heterocycles. The Hall–Kier alpha value is -1.15. The Morgan fingerprint density at radius 3 is 2.30 bits per heavy atom. The van der Waals surface area contributed by atoms with Gasteiger partial charge in [0.05, 0.1) is 4.90 Å². The highest BCUT2D eigenvalue weighted by Gasteiger charge is 2.35. The van der Waals surface area contributed by atoms with Gasteiger partial charge in [0.25, 0.3) is 5.91 Å². The number of nitrogens with two attached hydrogens (primary N) is 1. The van der Waals surface area contributed by atoms with Gasteiger partial charge in [-0.15, -0.1) is 12.4 Å². The summed E-state index contributed by atoms with van der Waals surface area (Å²) in [4.78, 5) is 14.7. The molecule has 0 radical (unpaired) electrons. The second kappa shape index (κ2) is 8.47. The minimum atomic E-state index is -3.48. The van der Waals surface area contributed by atoms with Crippen LogP contribution in [-0.2, 0) is 10.0 Å². The minimum absolute atomic E-state index is 0. The first-order valence-corrected chi connectivity index (χ1v) is 10.8. The van der Waals surface area contributed by atoms with E-state index in [2.05, 4.69) is 13.8 Å². The lowest BCUT2D eigenvalue weighted by Crippen LogP contribution is -2.38. The van der Waals surface area contributed by atoms with E-state index >= 15 is 0 Å². The Morgan fingerprint density at radius 1 is 1.19 bits per heavy atom. The van der Waals surface area contributed by atoms with E-state index in [-0.39, 0.29) is 28.6 Å². The third-order valence-corrected chi connectivity index (χ3v) is 7.73. The SMILES string of the molecule is CC1CCN(S(=O)(=O)c2ccc(C(=O)N3CCC(C)(CN)C3)cc2)CC1.Cl. The van der Waals surface area contributed by atoms with Crippen molar-refractivity contribution in [3.8, 4) is 0 Å². The van der Waals surface area contributed by atoms with Crippen LogP contribution in [0.15, 0.2) is 29.2 Å². The van der Waals surface area contributed by atoms with Crippen molar-refractivity contribution in [2.75, 3.05) is 32.7 Å². The highest BCUT2D eigenvalue weighted by molar-refractivity contribution is 7.89. The molecule has 8 heteroatoms. The number of sulfonamides is 1. The third-order valence-electron chi connectivity index (χ3n) is 5.82. The fraction of sp³-hybridized carbons (Fsp3) is 0.632. The molecule has 0 aliphatic carbocycles. The Balaban J connectivity index is 0.00000261. The lowest BCUT2D eigenvalue weighted by atomic mass is 9.90. The number of likely N-dealkylation sites (tertiary alicyclic amines) is 1. The van der Waals surface area contributed by atoms with Crippen molar-refractivity contribution in [2.45, 2.75) is 38.0 Å². The van der Waals surface area contributed by atoms with Gasteiger partial charge in [0, 0.05) is 31.7 Å². The molecule has 1 atom stereocenters. The van der Waals surface area contributed by atoms with Crippen molar-refractivity contribution in [3.63, 3.8) is 0 Å². The summed E-state index contributed by atoms with van der Waals surface area (Å²) in [6, 6.07) is 6.36. The number of amides is 1. The fourth-order valence-corrected chi connectivity index (χ4v) is 5.16. The summed E-state index contributed by atoms with van der Waals surface area (Å²) in [6.07, 6.45) is 2.68. The molecule has 0 saturated carbocycles. The average Bonchev–Trinajstić information content (AvgIpc) is 3.04. The van der Waals surface area contributed by atoms with Gasteiger partial charge in [-0.25, -0.2) is 8.42 Å². The quantitative estimate of drug-likeness (QED) is 0.817. The van der Waals surface area contributed by atoms with Gasteiger partial charge in [0.1, 0.15) is 0 Å². The molecule has 6 nitrogen and oxygen atoms in total. The van der Waals surface area contributed by atoms with Crippen molar-refractivity contribution in [1.82, 2.24) is 9.21 Å². The zero-order valence-electron chi connectivity index (χ0n) is 16.1. The van der Waals surface area contributed by atoms with Crippen molar-refractivity contribution in [1.29, 1.82) is 0 Å². The molecule has 1 aromatic rings. The molecule has 2 saturated heterocycles. The number of carbonyl (C=O) groups excluding carboxylic acids is 1. The summed E-state index contributed by atoms with van der Waals surface area (Å²) in [6.45, 7) is 7.27. The molecule has 2 N–H and O–H groups in total. The standard InChI is InChI=1S/C19H29N3O3S.ClH/c1-15-7-10-22(11-8-15)26(24,25)17-5-3-16(4-6-17)18(23)21-12-9-19(2,13-20)14-21;/h3-6,15H,7-14,20H2,1-2H3;1H. The number of nitrogens with zero attached hydrogens (tertiary/aromatic N) is 2. The molecule has 1 amide bonds. The van der Waals surface area contributed by atoms with Gasteiger partial charge in [-0.1, -0.05) is 13.8 Å². The Morgan fingerprint density at radius 2 is 1.78 bits per heavy atom. The molecule has 2 aliphatic rings. The van der Waals surface area contributed by atoms with E-state index in [0.29, 0.717) is 44.2 Å². The molecule has 0 bridgehead atoms. The Bertz CT molecular complexity index is 761. The lowest BCUT2D eigenvalue weighted by molar-refractivity contribution is 0.0777. The van der Waals surface area contributed by atoms with Gasteiger partial charge in [-0.3, -0.25) is 4.79 Å². The lowest BCUT2D eigenvalue weighted by Gasteiger charge is -2.29. The molecule has 1 unspecified atom stereocenters. The van der Waals surface area contributed by atoms with Gasteiger partial charge >= 0.3 is 0 Å². The van der Waals surface area contributed by atoms with Gasteiger partial charge < -0.3 is 10.6 Å². The molecular weight excluding hydrogens is 386 g/mol. The number of hydrogen-bond donors (Lipinski definition) is 1.